The molecule has 0 fully saturated rings. The summed E-state index contributed by atoms with van der Waals surface area (Å²) < 4.78 is 0. The average molecular weight is 278 g/mol. The summed E-state index contributed by atoms with van der Waals surface area (Å²) in [6, 6.07) is 5.92. The van der Waals surface area contributed by atoms with E-state index in [1.807, 2.05) is 37.3 Å². The van der Waals surface area contributed by atoms with Crippen LogP contribution in [0.1, 0.15) is 36.1 Å². The first-order valence-electron chi connectivity index (χ1n) is 7.21. The second-order valence-electron chi connectivity index (χ2n) is 4.91. The van der Waals surface area contributed by atoms with Gasteiger partial charge >= 0.3 is 0 Å². The van der Waals surface area contributed by atoms with E-state index in [1.165, 1.54) is 5.56 Å². The Labute approximate surface area is 124 Å². The monoisotopic (exact) mass is 278 g/mol. The zero-order valence-electron chi connectivity index (χ0n) is 12.1. The van der Waals surface area contributed by atoms with Gasteiger partial charge in [0.1, 0.15) is 5.82 Å². The maximum Gasteiger partial charge on any atom is 0.154 e. The summed E-state index contributed by atoms with van der Waals surface area (Å²) in [5, 5.41) is 3.41. The van der Waals surface area contributed by atoms with E-state index in [1.54, 1.807) is 6.20 Å². The molecule has 0 saturated heterocycles. The maximum absolute atomic E-state index is 4.62. The highest BCUT2D eigenvalue weighted by atomic mass is 15.0. The molecule has 0 spiro atoms. The number of pyridine rings is 1. The van der Waals surface area contributed by atoms with Crippen molar-refractivity contribution in [3.8, 4) is 0 Å². The van der Waals surface area contributed by atoms with Crippen LogP contribution < -0.4 is 5.32 Å². The fourth-order valence-electron chi connectivity index (χ4n) is 2.37. The van der Waals surface area contributed by atoms with Crippen LogP contribution in [-0.4, -0.2) is 15.0 Å². The topological polar surface area (TPSA) is 50.7 Å². The van der Waals surface area contributed by atoms with E-state index in [0.717, 1.165) is 35.9 Å². The Bertz CT molecular complexity index is 675. The van der Waals surface area contributed by atoms with E-state index in [2.05, 4.69) is 32.4 Å². The first-order chi connectivity index (χ1) is 10.4. The van der Waals surface area contributed by atoms with E-state index < -0.39 is 0 Å². The summed E-state index contributed by atoms with van der Waals surface area (Å²) in [6.45, 7) is 2.64. The van der Waals surface area contributed by atoms with E-state index in [-0.39, 0.29) is 0 Å². The summed E-state index contributed by atoms with van der Waals surface area (Å²) >= 11 is 0. The van der Waals surface area contributed by atoms with Gasteiger partial charge in [-0.2, -0.15) is 0 Å². The SMILES string of the molecule is CC=Cc1nc2c(c(NCc3ccccn3)n1)CCC=C2. The number of nitrogens with zero attached hydrogens (tertiary/aromatic N) is 3. The molecule has 4 nitrogen and oxygen atoms in total. The number of allylic oxidation sites excluding steroid dienone is 2. The molecule has 106 valence electrons. The van der Waals surface area contributed by atoms with Gasteiger partial charge in [0.05, 0.1) is 17.9 Å². The molecule has 3 rings (SSSR count). The number of anilines is 1. The van der Waals surface area contributed by atoms with Crippen molar-refractivity contribution in [3.05, 3.63) is 59.3 Å². The standard InChI is InChI=1S/C17H18N4/c1-2-7-16-20-15-10-4-3-9-14(15)17(21-16)19-12-13-8-5-6-11-18-13/h2,4-8,10-11H,3,9,12H2,1H3,(H,19,20,21). The molecule has 0 radical (unpaired) electrons. The van der Waals surface area contributed by atoms with Crippen LogP contribution in [0.4, 0.5) is 5.82 Å². The largest absolute Gasteiger partial charge is 0.364 e. The Kier molecular flexibility index (Phi) is 4.05. The lowest BCUT2D eigenvalue weighted by Gasteiger charge is -2.16. The second kappa shape index (κ2) is 6.31. The molecule has 2 aromatic heterocycles. The summed E-state index contributed by atoms with van der Waals surface area (Å²) in [4.78, 5) is 13.5. The van der Waals surface area contributed by atoms with Gasteiger partial charge < -0.3 is 5.32 Å². The van der Waals surface area contributed by atoms with Crippen LogP contribution in [0.5, 0.6) is 0 Å². The molecule has 0 aromatic carbocycles. The van der Waals surface area contributed by atoms with Gasteiger partial charge in [0.15, 0.2) is 5.82 Å². The number of hydrogen-bond donors (Lipinski definition) is 1. The van der Waals surface area contributed by atoms with Crippen LogP contribution in [-0.2, 0) is 13.0 Å². The van der Waals surface area contributed by atoms with Crippen LogP contribution in [0.25, 0.3) is 12.2 Å². The van der Waals surface area contributed by atoms with Crippen molar-refractivity contribution < 1.29 is 0 Å². The van der Waals surface area contributed by atoms with Gasteiger partial charge in [0, 0.05) is 11.8 Å². The molecular weight excluding hydrogens is 260 g/mol. The number of rotatable bonds is 4. The number of hydrogen-bond acceptors (Lipinski definition) is 4. The van der Waals surface area contributed by atoms with Crippen LogP contribution in [0.3, 0.4) is 0 Å². The fourth-order valence-corrected chi connectivity index (χ4v) is 2.37. The number of aromatic nitrogens is 3. The number of nitrogens with one attached hydrogen (secondary N) is 1. The van der Waals surface area contributed by atoms with Gasteiger partial charge in [-0.1, -0.05) is 18.2 Å². The summed E-state index contributed by atoms with van der Waals surface area (Å²) in [6.07, 6.45) is 12.0. The van der Waals surface area contributed by atoms with Crippen molar-refractivity contribution in [1.29, 1.82) is 0 Å². The molecule has 0 bridgehead atoms. The third-order valence-electron chi connectivity index (χ3n) is 3.37. The molecule has 4 heteroatoms. The molecule has 0 aliphatic heterocycles. The first kappa shape index (κ1) is 13.5. The predicted molar refractivity (Wildman–Crippen MR) is 85.7 cm³/mol. The lowest BCUT2D eigenvalue weighted by molar-refractivity contribution is 0.919. The van der Waals surface area contributed by atoms with Gasteiger partial charge in [0.2, 0.25) is 0 Å². The molecule has 0 atom stereocenters. The lowest BCUT2D eigenvalue weighted by Crippen LogP contribution is -2.11. The van der Waals surface area contributed by atoms with Crippen molar-refractivity contribution >= 4 is 18.0 Å². The minimum Gasteiger partial charge on any atom is -0.364 e. The Morgan fingerprint density at radius 3 is 3.05 bits per heavy atom. The molecule has 1 aliphatic carbocycles. The van der Waals surface area contributed by atoms with Crippen LogP contribution in [0, 0.1) is 0 Å². The van der Waals surface area contributed by atoms with Crippen LogP contribution >= 0.6 is 0 Å². The first-order valence-corrected chi connectivity index (χ1v) is 7.21. The van der Waals surface area contributed by atoms with Crippen molar-refractivity contribution in [2.24, 2.45) is 0 Å². The fraction of sp³-hybridized carbons (Fsp3) is 0.235. The molecule has 1 aliphatic rings. The maximum atomic E-state index is 4.62. The average Bonchev–Trinajstić information content (AvgIpc) is 2.54. The quantitative estimate of drug-likeness (QED) is 0.930. The zero-order chi connectivity index (χ0) is 14.5. The summed E-state index contributed by atoms with van der Waals surface area (Å²) in [5.41, 5.74) is 3.22. The molecule has 2 aromatic rings. The van der Waals surface area contributed by atoms with Gasteiger partial charge in [-0.15, -0.1) is 0 Å². The van der Waals surface area contributed by atoms with Crippen molar-refractivity contribution in [2.45, 2.75) is 26.3 Å². The Morgan fingerprint density at radius 1 is 1.29 bits per heavy atom. The molecule has 0 unspecified atom stereocenters. The van der Waals surface area contributed by atoms with Gasteiger partial charge in [-0.25, -0.2) is 9.97 Å². The van der Waals surface area contributed by atoms with Gasteiger partial charge in [-0.05, 0) is 44.1 Å². The van der Waals surface area contributed by atoms with E-state index >= 15 is 0 Å². The van der Waals surface area contributed by atoms with E-state index in [4.69, 9.17) is 0 Å². The smallest absolute Gasteiger partial charge is 0.154 e. The molecule has 1 N–H and O–H groups in total. The van der Waals surface area contributed by atoms with Crippen LogP contribution in [0.2, 0.25) is 0 Å². The van der Waals surface area contributed by atoms with Crippen molar-refractivity contribution in [1.82, 2.24) is 15.0 Å². The second-order valence-corrected chi connectivity index (χ2v) is 4.91. The highest BCUT2D eigenvalue weighted by Gasteiger charge is 2.14. The number of fused-ring (bicyclic) bond motifs is 1. The third-order valence-corrected chi connectivity index (χ3v) is 3.37. The molecule has 21 heavy (non-hydrogen) atoms. The van der Waals surface area contributed by atoms with Crippen molar-refractivity contribution in [3.63, 3.8) is 0 Å². The van der Waals surface area contributed by atoms with Crippen LogP contribution in [0.15, 0.2) is 36.5 Å². The Morgan fingerprint density at radius 2 is 2.24 bits per heavy atom. The Hall–Kier alpha value is -2.49. The lowest BCUT2D eigenvalue weighted by atomic mass is 10.0. The zero-order valence-corrected chi connectivity index (χ0v) is 12.1. The summed E-state index contributed by atoms with van der Waals surface area (Å²) in [7, 11) is 0. The molecule has 0 amide bonds. The Balaban J connectivity index is 1.89. The highest BCUT2D eigenvalue weighted by molar-refractivity contribution is 5.62. The third kappa shape index (κ3) is 3.16. The van der Waals surface area contributed by atoms with E-state index in [9.17, 15) is 0 Å². The van der Waals surface area contributed by atoms with Crippen molar-refractivity contribution in [2.75, 3.05) is 5.32 Å². The molecular formula is C17H18N4. The molecule has 2 heterocycles. The summed E-state index contributed by atoms with van der Waals surface area (Å²) in [5.74, 6) is 1.66. The molecule has 0 saturated carbocycles. The minimum atomic E-state index is 0.670. The van der Waals surface area contributed by atoms with Gasteiger partial charge in [-0.3, -0.25) is 4.98 Å². The minimum absolute atomic E-state index is 0.670. The highest BCUT2D eigenvalue weighted by Crippen LogP contribution is 2.24. The van der Waals surface area contributed by atoms with Gasteiger partial charge in [0.25, 0.3) is 0 Å². The normalized spacial score (nSPS) is 13.4. The predicted octanol–water partition coefficient (Wildman–Crippen LogP) is 3.48. The van der Waals surface area contributed by atoms with E-state index in [0.29, 0.717) is 6.54 Å².